The second-order valence-corrected chi connectivity index (χ2v) is 5.89. The zero-order chi connectivity index (χ0) is 13.1. The first-order chi connectivity index (χ1) is 8.60. The van der Waals surface area contributed by atoms with Gasteiger partial charge in [-0.2, -0.15) is 0 Å². The summed E-state index contributed by atoms with van der Waals surface area (Å²) in [5.41, 5.74) is 0.441. The van der Waals surface area contributed by atoms with Gasteiger partial charge in [0.2, 0.25) is 5.13 Å². The van der Waals surface area contributed by atoms with Crippen LogP contribution in [0.1, 0.15) is 15.4 Å². The molecule has 0 atom stereocenters. The third kappa shape index (κ3) is 3.01. The van der Waals surface area contributed by atoms with Gasteiger partial charge in [-0.05, 0) is 31.4 Å². The summed E-state index contributed by atoms with van der Waals surface area (Å²) < 4.78 is 0. The van der Waals surface area contributed by atoms with Crippen LogP contribution in [0, 0.1) is 6.92 Å². The van der Waals surface area contributed by atoms with Gasteiger partial charge in [-0.3, -0.25) is 10.1 Å². The van der Waals surface area contributed by atoms with Crippen LogP contribution in [0.25, 0.3) is 0 Å². The molecule has 1 N–H and O–H groups in total. The molecule has 94 valence electrons. The van der Waals surface area contributed by atoms with Crippen molar-refractivity contribution in [2.45, 2.75) is 11.8 Å². The molecule has 0 unspecified atom stereocenters. The lowest BCUT2D eigenvalue weighted by Gasteiger charge is -2.05. The van der Waals surface area contributed by atoms with Crippen LogP contribution in [0.2, 0.25) is 5.02 Å². The zero-order valence-corrected chi connectivity index (χ0v) is 12.1. The van der Waals surface area contributed by atoms with Gasteiger partial charge in [-0.15, -0.1) is 22.0 Å². The molecule has 0 aliphatic heterocycles. The number of aromatic nitrogens is 2. The first-order valence-corrected chi connectivity index (χ1v) is 7.47. The van der Waals surface area contributed by atoms with Crippen LogP contribution >= 0.6 is 34.7 Å². The molecule has 1 heterocycles. The van der Waals surface area contributed by atoms with Crippen molar-refractivity contribution in [3.63, 3.8) is 0 Å². The largest absolute Gasteiger partial charge is 0.296 e. The van der Waals surface area contributed by atoms with E-state index >= 15 is 0 Å². The quantitative estimate of drug-likeness (QED) is 0.882. The Hall–Kier alpha value is -1.11. The number of benzene rings is 1. The van der Waals surface area contributed by atoms with E-state index in [0.717, 1.165) is 9.90 Å². The van der Waals surface area contributed by atoms with Gasteiger partial charge < -0.3 is 0 Å². The molecule has 0 saturated carbocycles. The number of nitrogens with one attached hydrogen (secondary N) is 1. The molecular weight excluding hydrogens is 290 g/mol. The number of carbonyl (C=O) groups is 1. The van der Waals surface area contributed by atoms with Gasteiger partial charge in [-0.25, -0.2) is 0 Å². The highest BCUT2D eigenvalue weighted by Crippen LogP contribution is 2.24. The van der Waals surface area contributed by atoms with E-state index in [4.69, 9.17) is 11.6 Å². The Bertz CT molecular complexity index is 585. The van der Waals surface area contributed by atoms with Crippen molar-refractivity contribution >= 4 is 45.7 Å². The predicted molar refractivity (Wildman–Crippen MR) is 75.8 cm³/mol. The number of rotatable bonds is 3. The van der Waals surface area contributed by atoms with Gasteiger partial charge in [0, 0.05) is 4.90 Å². The summed E-state index contributed by atoms with van der Waals surface area (Å²) >= 11 is 8.90. The Balaban J connectivity index is 2.23. The summed E-state index contributed by atoms with van der Waals surface area (Å²) in [6, 6.07) is 5.35. The third-order valence-corrected chi connectivity index (χ3v) is 3.97. The van der Waals surface area contributed by atoms with Crippen LogP contribution in [0.15, 0.2) is 23.1 Å². The van der Waals surface area contributed by atoms with Gasteiger partial charge in [0.15, 0.2) is 0 Å². The number of nitrogens with zero attached hydrogens (tertiary/aromatic N) is 2. The molecule has 0 saturated heterocycles. The smallest absolute Gasteiger partial charge is 0.259 e. The van der Waals surface area contributed by atoms with E-state index < -0.39 is 0 Å². The van der Waals surface area contributed by atoms with Crippen LogP contribution < -0.4 is 5.32 Å². The van der Waals surface area contributed by atoms with Gasteiger partial charge >= 0.3 is 0 Å². The summed E-state index contributed by atoms with van der Waals surface area (Å²) in [6.45, 7) is 1.83. The first-order valence-electron chi connectivity index (χ1n) is 5.05. The fourth-order valence-corrected chi connectivity index (χ4v) is 2.55. The molecule has 18 heavy (non-hydrogen) atoms. The normalized spacial score (nSPS) is 10.4. The maximum Gasteiger partial charge on any atom is 0.259 e. The Kier molecular flexibility index (Phi) is 4.21. The number of hydrogen-bond acceptors (Lipinski definition) is 5. The Labute approximate surface area is 118 Å². The van der Waals surface area contributed by atoms with Crippen LogP contribution in [0.4, 0.5) is 5.13 Å². The average Bonchev–Trinajstić information content (AvgIpc) is 2.75. The number of aryl methyl sites for hydroxylation is 1. The molecule has 1 amide bonds. The minimum Gasteiger partial charge on any atom is -0.296 e. The van der Waals surface area contributed by atoms with E-state index in [-0.39, 0.29) is 5.91 Å². The topological polar surface area (TPSA) is 54.9 Å². The number of thioether (sulfide) groups is 1. The molecule has 0 bridgehead atoms. The highest BCUT2D eigenvalue weighted by atomic mass is 35.5. The fraction of sp³-hybridized carbons (Fsp3) is 0.182. The van der Waals surface area contributed by atoms with Crippen molar-refractivity contribution in [2.24, 2.45) is 0 Å². The maximum atomic E-state index is 12.0. The zero-order valence-electron chi connectivity index (χ0n) is 9.73. The molecule has 0 aliphatic rings. The van der Waals surface area contributed by atoms with E-state index in [1.165, 1.54) is 11.3 Å². The number of hydrogen-bond donors (Lipinski definition) is 1. The van der Waals surface area contributed by atoms with Gasteiger partial charge in [0.1, 0.15) is 5.01 Å². The lowest BCUT2D eigenvalue weighted by atomic mass is 10.2. The lowest BCUT2D eigenvalue weighted by Crippen LogP contribution is -2.12. The van der Waals surface area contributed by atoms with E-state index in [2.05, 4.69) is 15.5 Å². The number of carbonyl (C=O) groups excluding carboxylic acids is 1. The molecule has 0 spiro atoms. The number of anilines is 1. The van der Waals surface area contributed by atoms with E-state index in [9.17, 15) is 4.79 Å². The molecule has 7 heteroatoms. The summed E-state index contributed by atoms with van der Waals surface area (Å²) in [7, 11) is 0. The summed E-state index contributed by atoms with van der Waals surface area (Å²) in [4.78, 5) is 13.0. The van der Waals surface area contributed by atoms with E-state index in [1.54, 1.807) is 23.9 Å². The highest BCUT2D eigenvalue weighted by molar-refractivity contribution is 7.98. The van der Waals surface area contributed by atoms with Crippen molar-refractivity contribution in [2.75, 3.05) is 11.6 Å². The van der Waals surface area contributed by atoms with Crippen molar-refractivity contribution in [3.8, 4) is 0 Å². The van der Waals surface area contributed by atoms with Crippen LogP contribution in [-0.4, -0.2) is 22.4 Å². The standard InChI is InChI=1S/C11H10ClN3OS2/c1-6-14-15-11(18-6)13-10(16)8-5-7(17-2)3-4-9(8)12/h3-5H,1-2H3,(H,13,15,16). The molecule has 0 fully saturated rings. The Morgan fingerprint density at radius 3 is 2.83 bits per heavy atom. The third-order valence-electron chi connectivity index (χ3n) is 2.16. The maximum absolute atomic E-state index is 12.0. The Morgan fingerprint density at radius 2 is 2.22 bits per heavy atom. The van der Waals surface area contributed by atoms with Crippen molar-refractivity contribution in [3.05, 3.63) is 33.8 Å². The molecule has 2 aromatic rings. The molecule has 0 radical (unpaired) electrons. The molecule has 1 aromatic heterocycles. The molecule has 4 nitrogen and oxygen atoms in total. The second kappa shape index (κ2) is 5.69. The Morgan fingerprint density at radius 1 is 1.44 bits per heavy atom. The second-order valence-electron chi connectivity index (χ2n) is 3.43. The van der Waals surface area contributed by atoms with Crippen molar-refractivity contribution < 1.29 is 4.79 Å². The van der Waals surface area contributed by atoms with Crippen LogP contribution in [-0.2, 0) is 0 Å². The minimum absolute atomic E-state index is 0.271. The SMILES string of the molecule is CSc1ccc(Cl)c(C(=O)Nc2nnc(C)s2)c1. The van der Waals surface area contributed by atoms with Crippen molar-refractivity contribution in [1.29, 1.82) is 0 Å². The first kappa shape index (κ1) is 13.3. The number of amides is 1. The van der Waals surface area contributed by atoms with Crippen LogP contribution in [0.3, 0.4) is 0 Å². The molecule has 2 rings (SSSR count). The van der Waals surface area contributed by atoms with Gasteiger partial charge in [-0.1, -0.05) is 22.9 Å². The monoisotopic (exact) mass is 299 g/mol. The van der Waals surface area contributed by atoms with Gasteiger partial charge in [0.25, 0.3) is 5.91 Å². The molecule has 1 aromatic carbocycles. The fourth-order valence-electron chi connectivity index (χ4n) is 1.32. The van der Waals surface area contributed by atoms with Gasteiger partial charge in [0.05, 0.1) is 10.6 Å². The van der Waals surface area contributed by atoms with Crippen molar-refractivity contribution in [1.82, 2.24) is 10.2 Å². The predicted octanol–water partition coefficient (Wildman–Crippen LogP) is 3.47. The minimum atomic E-state index is -0.271. The summed E-state index contributed by atoms with van der Waals surface area (Å²) in [5, 5.41) is 12.1. The van der Waals surface area contributed by atoms with E-state index in [1.807, 2.05) is 19.2 Å². The average molecular weight is 300 g/mol. The number of halogens is 1. The molecular formula is C11H10ClN3OS2. The highest BCUT2D eigenvalue weighted by Gasteiger charge is 2.13. The lowest BCUT2D eigenvalue weighted by molar-refractivity contribution is 0.102. The summed E-state index contributed by atoms with van der Waals surface area (Å²) in [6.07, 6.45) is 1.94. The summed E-state index contributed by atoms with van der Waals surface area (Å²) in [5.74, 6) is -0.271. The van der Waals surface area contributed by atoms with Crippen LogP contribution in [0.5, 0.6) is 0 Å². The van der Waals surface area contributed by atoms with E-state index in [0.29, 0.717) is 15.7 Å². The molecule has 0 aliphatic carbocycles.